The molecule has 2 atom stereocenters. The molecule has 0 saturated heterocycles. The zero-order chi connectivity index (χ0) is 18.7. The molecule has 1 fully saturated rings. The van der Waals surface area contributed by atoms with Crippen LogP contribution in [-0.2, 0) is 22.4 Å². The van der Waals surface area contributed by atoms with Gasteiger partial charge >= 0.3 is 5.97 Å². The molecule has 2 aliphatic carbocycles. The molecule has 1 heterocycles. The predicted octanol–water partition coefficient (Wildman–Crippen LogP) is 3.76. The molecule has 0 bridgehead atoms. The molecule has 2 unspecified atom stereocenters. The molecule has 0 spiro atoms. The molecule has 1 N–H and O–H groups in total. The Morgan fingerprint density at radius 3 is 2.81 bits per heavy atom. The number of amides is 1. The molecule has 1 saturated carbocycles. The number of fused-ring (bicyclic) bond motifs is 1. The van der Waals surface area contributed by atoms with E-state index in [2.05, 4.69) is 18.3 Å². The van der Waals surface area contributed by atoms with Crippen molar-refractivity contribution in [1.82, 2.24) is 5.32 Å². The SMILES string of the molecule is CC1CCc2sc(C(=O)OC(C)C(=O)NC3(C#N)CCCCC3)cc2C1. The predicted molar refractivity (Wildman–Crippen MR) is 100.0 cm³/mol. The number of hydrogen-bond donors (Lipinski definition) is 1. The first-order chi connectivity index (χ1) is 12.4. The third-order valence-electron chi connectivity index (χ3n) is 5.47. The van der Waals surface area contributed by atoms with Gasteiger partial charge in [0.05, 0.1) is 6.07 Å². The van der Waals surface area contributed by atoms with Crippen molar-refractivity contribution in [2.24, 2.45) is 5.92 Å². The van der Waals surface area contributed by atoms with Crippen LogP contribution in [0.15, 0.2) is 6.07 Å². The maximum atomic E-state index is 12.4. The van der Waals surface area contributed by atoms with Crippen molar-refractivity contribution >= 4 is 23.2 Å². The van der Waals surface area contributed by atoms with Crippen LogP contribution >= 0.6 is 11.3 Å². The summed E-state index contributed by atoms with van der Waals surface area (Å²) in [4.78, 5) is 26.7. The van der Waals surface area contributed by atoms with E-state index in [-0.39, 0.29) is 0 Å². The van der Waals surface area contributed by atoms with E-state index in [0.717, 1.165) is 38.5 Å². The van der Waals surface area contributed by atoms with Crippen LogP contribution in [-0.4, -0.2) is 23.5 Å². The number of carbonyl (C=O) groups excluding carboxylic acids is 2. The van der Waals surface area contributed by atoms with Crippen LogP contribution in [0.3, 0.4) is 0 Å². The monoisotopic (exact) mass is 374 g/mol. The van der Waals surface area contributed by atoms with Gasteiger partial charge in [0, 0.05) is 4.88 Å². The molecule has 140 valence electrons. The molecule has 0 radical (unpaired) electrons. The Balaban J connectivity index is 1.60. The van der Waals surface area contributed by atoms with Crippen LogP contribution in [0.4, 0.5) is 0 Å². The van der Waals surface area contributed by atoms with Gasteiger partial charge < -0.3 is 10.1 Å². The van der Waals surface area contributed by atoms with Crippen LogP contribution in [0, 0.1) is 17.2 Å². The molecule has 0 aromatic carbocycles. The molecule has 5 nitrogen and oxygen atoms in total. The van der Waals surface area contributed by atoms with Gasteiger partial charge in [0.25, 0.3) is 5.91 Å². The third kappa shape index (κ3) is 4.09. The van der Waals surface area contributed by atoms with E-state index in [1.807, 2.05) is 6.07 Å². The molecular formula is C20H26N2O3S. The largest absolute Gasteiger partial charge is 0.448 e. The first-order valence-electron chi connectivity index (χ1n) is 9.48. The second-order valence-corrected chi connectivity index (χ2v) is 8.84. The summed E-state index contributed by atoms with van der Waals surface area (Å²) in [6.07, 6.45) is 6.52. The van der Waals surface area contributed by atoms with E-state index in [1.165, 1.54) is 21.8 Å². The number of rotatable bonds is 4. The molecule has 6 heteroatoms. The van der Waals surface area contributed by atoms with Gasteiger partial charge in [0.1, 0.15) is 10.4 Å². The van der Waals surface area contributed by atoms with Gasteiger partial charge in [-0.05, 0) is 56.6 Å². The maximum Gasteiger partial charge on any atom is 0.349 e. The Morgan fingerprint density at radius 2 is 2.12 bits per heavy atom. The molecule has 26 heavy (non-hydrogen) atoms. The first kappa shape index (κ1) is 18.9. The van der Waals surface area contributed by atoms with Crippen LogP contribution in [0.5, 0.6) is 0 Å². The van der Waals surface area contributed by atoms with Gasteiger partial charge in [-0.15, -0.1) is 11.3 Å². The summed E-state index contributed by atoms with van der Waals surface area (Å²) in [5, 5.41) is 12.3. The summed E-state index contributed by atoms with van der Waals surface area (Å²) in [5.41, 5.74) is 0.428. The topological polar surface area (TPSA) is 79.2 Å². The minimum absolute atomic E-state index is 0.392. The Morgan fingerprint density at radius 1 is 1.38 bits per heavy atom. The number of ether oxygens (including phenoxy) is 1. The fourth-order valence-corrected chi connectivity index (χ4v) is 4.93. The minimum atomic E-state index is -0.910. The Bertz CT molecular complexity index is 728. The number of thiophene rings is 1. The average molecular weight is 375 g/mol. The van der Waals surface area contributed by atoms with Crippen molar-refractivity contribution in [1.29, 1.82) is 5.26 Å². The highest BCUT2D eigenvalue weighted by Gasteiger charge is 2.35. The van der Waals surface area contributed by atoms with E-state index in [1.54, 1.807) is 6.92 Å². The summed E-state index contributed by atoms with van der Waals surface area (Å²) >= 11 is 1.48. The van der Waals surface area contributed by atoms with E-state index in [4.69, 9.17) is 4.74 Å². The molecule has 2 aliphatic rings. The summed E-state index contributed by atoms with van der Waals surface area (Å²) in [5.74, 6) is -0.200. The fourth-order valence-electron chi connectivity index (χ4n) is 3.84. The Labute approximate surface area is 158 Å². The van der Waals surface area contributed by atoms with Crippen molar-refractivity contribution in [3.05, 3.63) is 21.4 Å². The highest BCUT2D eigenvalue weighted by Crippen LogP contribution is 2.33. The maximum absolute atomic E-state index is 12.4. The van der Waals surface area contributed by atoms with Crippen molar-refractivity contribution in [3.63, 3.8) is 0 Å². The summed E-state index contributed by atoms with van der Waals surface area (Å²) in [6.45, 7) is 3.79. The number of hydrogen-bond acceptors (Lipinski definition) is 5. The van der Waals surface area contributed by atoms with Crippen molar-refractivity contribution in [3.8, 4) is 6.07 Å². The number of aryl methyl sites for hydroxylation is 1. The zero-order valence-electron chi connectivity index (χ0n) is 15.5. The number of nitrogens with one attached hydrogen (secondary N) is 1. The molecule has 0 aliphatic heterocycles. The van der Waals surface area contributed by atoms with Gasteiger partial charge in [-0.25, -0.2) is 4.79 Å². The van der Waals surface area contributed by atoms with Crippen molar-refractivity contribution in [2.75, 3.05) is 0 Å². The van der Waals surface area contributed by atoms with E-state index in [0.29, 0.717) is 23.6 Å². The lowest BCUT2D eigenvalue weighted by molar-refractivity contribution is -0.130. The Hall–Kier alpha value is -1.87. The van der Waals surface area contributed by atoms with E-state index >= 15 is 0 Å². The van der Waals surface area contributed by atoms with Crippen LogP contribution in [0.2, 0.25) is 0 Å². The van der Waals surface area contributed by atoms with Crippen molar-refractivity contribution in [2.45, 2.75) is 76.9 Å². The molecule has 3 rings (SSSR count). The van der Waals surface area contributed by atoms with Gasteiger partial charge in [0.2, 0.25) is 0 Å². The van der Waals surface area contributed by atoms with Crippen molar-refractivity contribution < 1.29 is 14.3 Å². The average Bonchev–Trinajstić information content (AvgIpc) is 3.05. The molecule has 1 aromatic heterocycles. The number of carbonyl (C=O) groups is 2. The number of esters is 1. The highest BCUT2D eigenvalue weighted by atomic mass is 32.1. The second-order valence-electron chi connectivity index (χ2n) is 7.70. The van der Waals surface area contributed by atoms with E-state index in [9.17, 15) is 14.9 Å². The molecular weight excluding hydrogens is 348 g/mol. The quantitative estimate of drug-likeness (QED) is 0.814. The number of nitriles is 1. The van der Waals surface area contributed by atoms with E-state index < -0.39 is 23.5 Å². The molecule has 1 aromatic rings. The summed E-state index contributed by atoms with van der Waals surface area (Å²) in [7, 11) is 0. The zero-order valence-corrected chi connectivity index (χ0v) is 16.3. The minimum Gasteiger partial charge on any atom is -0.448 e. The normalized spacial score (nSPS) is 22.6. The lowest BCUT2D eigenvalue weighted by Crippen LogP contribution is -2.52. The summed E-state index contributed by atoms with van der Waals surface area (Å²) in [6, 6.07) is 4.17. The smallest absolute Gasteiger partial charge is 0.349 e. The molecule has 1 amide bonds. The standard InChI is InChI=1S/C20H26N2O3S/c1-13-6-7-16-15(10-13)11-17(26-16)19(24)25-14(2)18(23)22-20(12-21)8-4-3-5-9-20/h11,13-14H,3-10H2,1-2H3,(H,22,23). The van der Waals surface area contributed by atoms with Gasteiger partial charge in [-0.1, -0.05) is 26.2 Å². The highest BCUT2D eigenvalue weighted by molar-refractivity contribution is 7.14. The lowest BCUT2D eigenvalue weighted by Gasteiger charge is -2.32. The summed E-state index contributed by atoms with van der Waals surface area (Å²) < 4.78 is 5.38. The number of nitrogens with zero attached hydrogens (tertiary/aromatic N) is 1. The lowest BCUT2D eigenvalue weighted by atomic mass is 9.83. The van der Waals surface area contributed by atoms with Gasteiger partial charge in [-0.2, -0.15) is 5.26 Å². The Kier molecular flexibility index (Phi) is 5.67. The fraction of sp³-hybridized carbons (Fsp3) is 0.650. The second kappa shape index (κ2) is 7.79. The van der Waals surface area contributed by atoms with Crippen LogP contribution in [0.25, 0.3) is 0 Å². The third-order valence-corrected chi connectivity index (χ3v) is 6.68. The van der Waals surface area contributed by atoms with Crippen LogP contribution < -0.4 is 5.32 Å². The van der Waals surface area contributed by atoms with Crippen LogP contribution in [0.1, 0.15) is 72.5 Å². The van der Waals surface area contributed by atoms with Gasteiger partial charge in [0.15, 0.2) is 6.10 Å². The van der Waals surface area contributed by atoms with Gasteiger partial charge in [-0.3, -0.25) is 4.79 Å². The first-order valence-corrected chi connectivity index (χ1v) is 10.3.